The van der Waals surface area contributed by atoms with Gasteiger partial charge in [-0.2, -0.15) is 0 Å². The van der Waals surface area contributed by atoms with Gasteiger partial charge in [-0.3, -0.25) is 18.5 Å². The van der Waals surface area contributed by atoms with Crippen molar-refractivity contribution in [1.82, 2.24) is 4.90 Å². The van der Waals surface area contributed by atoms with Crippen LogP contribution in [0.3, 0.4) is 0 Å². The van der Waals surface area contributed by atoms with Crippen LogP contribution in [0, 0.1) is 24.7 Å². The van der Waals surface area contributed by atoms with Gasteiger partial charge in [0.25, 0.3) is 0 Å². The molecule has 0 spiro atoms. The van der Waals surface area contributed by atoms with Crippen molar-refractivity contribution in [2.24, 2.45) is 0 Å². The van der Waals surface area contributed by atoms with Crippen molar-refractivity contribution in [3.8, 4) is 24.7 Å². The van der Waals surface area contributed by atoms with E-state index in [0.717, 1.165) is 45.2 Å². The van der Waals surface area contributed by atoms with Crippen molar-refractivity contribution < 1.29 is 13.6 Å². The molecule has 0 radical (unpaired) electrons. The molecule has 0 unspecified atom stereocenters. The molecule has 0 aromatic carbocycles. The number of nitrogens with zero attached hydrogens (tertiary/aromatic N) is 1. The lowest BCUT2D eigenvalue weighted by atomic mass is 9.93. The lowest BCUT2D eigenvalue weighted by Crippen LogP contribution is -2.50. The molecular weight excluding hydrogens is 285 g/mol. The second-order valence-electron chi connectivity index (χ2n) is 5.17. The van der Waals surface area contributed by atoms with Gasteiger partial charge < -0.3 is 0 Å². The van der Waals surface area contributed by atoms with Gasteiger partial charge in [0.15, 0.2) is 0 Å². The molecule has 1 fully saturated rings. The zero-order valence-electron chi connectivity index (χ0n) is 13.1. The summed E-state index contributed by atoms with van der Waals surface area (Å²) in [6.45, 7) is 5.66. The first-order valence-corrected chi connectivity index (χ1v) is 9.15. The van der Waals surface area contributed by atoms with Gasteiger partial charge >= 0.3 is 7.60 Å². The Balaban J connectivity index is 3.19. The molecule has 0 aliphatic heterocycles. The zero-order valence-corrected chi connectivity index (χ0v) is 14.0. The van der Waals surface area contributed by atoms with E-state index in [2.05, 4.69) is 30.6 Å². The number of rotatable bonds is 8. The van der Waals surface area contributed by atoms with Crippen LogP contribution >= 0.6 is 7.60 Å². The largest absolute Gasteiger partial charge is 0.352 e. The molecule has 5 heteroatoms. The van der Waals surface area contributed by atoms with Gasteiger partial charge in [0.2, 0.25) is 0 Å². The predicted octanol–water partition coefficient (Wildman–Crippen LogP) is 3.48. The van der Waals surface area contributed by atoms with Gasteiger partial charge in [-0.15, -0.1) is 12.8 Å². The molecule has 0 atom stereocenters. The minimum Gasteiger partial charge on any atom is -0.294 e. The van der Waals surface area contributed by atoms with E-state index in [1.807, 2.05) is 0 Å². The summed E-state index contributed by atoms with van der Waals surface area (Å²) < 4.78 is 24.6. The molecule has 0 saturated heterocycles. The predicted molar refractivity (Wildman–Crippen MR) is 85.9 cm³/mol. The Morgan fingerprint density at radius 1 is 1.05 bits per heavy atom. The van der Waals surface area contributed by atoms with Gasteiger partial charge in [0.1, 0.15) is 18.5 Å². The highest BCUT2D eigenvalue weighted by molar-refractivity contribution is 7.55. The van der Waals surface area contributed by atoms with E-state index in [1.165, 1.54) is 0 Å². The SMILES string of the molecule is C#CCOP(=O)(OCC#C)C1(N(CC)CC)CCCCC1. The van der Waals surface area contributed by atoms with E-state index in [9.17, 15) is 4.57 Å². The third-order valence-electron chi connectivity index (χ3n) is 4.15. The van der Waals surface area contributed by atoms with Gasteiger partial charge in [0, 0.05) is 0 Å². The van der Waals surface area contributed by atoms with Crippen molar-refractivity contribution in [2.45, 2.75) is 51.2 Å². The normalized spacial score (nSPS) is 18.1. The highest BCUT2D eigenvalue weighted by atomic mass is 31.2. The lowest BCUT2D eigenvalue weighted by molar-refractivity contribution is 0.0837. The van der Waals surface area contributed by atoms with E-state index in [1.54, 1.807) is 0 Å². The summed E-state index contributed by atoms with van der Waals surface area (Å²) >= 11 is 0. The maximum Gasteiger partial charge on any atom is 0.352 e. The van der Waals surface area contributed by atoms with Crippen LogP contribution in [0.1, 0.15) is 46.0 Å². The molecule has 1 saturated carbocycles. The minimum absolute atomic E-state index is 0.0229. The van der Waals surface area contributed by atoms with Gasteiger partial charge in [-0.25, -0.2) is 0 Å². The van der Waals surface area contributed by atoms with Gasteiger partial charge in [-0.05, 0) is 25.9 Å². The third-order valence-corrected chi connectivity index (χ3v) is 6.84. The van der Waals surface area contributed by atoms with Gasteiger partial charge in [0.05, 0.1) is 0 Å². The van der Waals surface area contributed by atoms with Crippen LogP contribution in [0.4, 0.5) is 0 Å². The number of terminal acetylenes is 2. The Morgan fingerprint density at radius 3 is 1.90 bits per heavy atom. The maximum atomic E-state index is 13.5. The second kappa shape index (κ2) is 8.62. The summed E-state index contributed by atoms with van der Waals surface area (Å²) in [5.74, 6) is 4.77. The molecule has 0 bridgehead atoms. The van der Waals surface area contributed by atoms with Crippen LogP contribution < -0.4 is 0 Å². The van der Waals surface area contributed by atoms with Crippen LogP contribution in [0.5, 0.6) is 0 Å². The van der Waals surface area contributed by atoms with Crippen LogP contribution in [-0.2, 0) is 13.6 Å². The highest BCUT2D eigenvalue weighted by Gasteiger charge is 2.54. The topological polar surface area (TPSA) is 38.8 Å². The minimum atomic E-state index is -3.41. The molecule has 1 aliphatic carbocycles. The Hall–Kier alpha value is -0.770. The van der Waals surface area contributed by atoms with Crippen molar-refractivity contribution in [3.05, 3.63) is 0 Å². The number of hydrogen-bond acceptors (Lipinski definition) is 4. The molecule has 118 valence electrons. The first kappa shape index (κ1) is 18.3. The maximum absolute atomic E-state index is 13.5. The van der Waals surface area contributed by atoms with Crippen LogP contribution in [0.2, 0.25) is 0 Å². The summed E-state index contributed by atoms with van der Waals surface area (Å²) in [6.07, 6.45) is 15.3. The van der Waals surface area contributed by atoms with Crippen molar-refractivity contribution in [2.75, 3.05) is 26.3 Å². The average molecular weight is 311 g/mol. The Labute approximate surface area is 129 Å². The monoisotopic (exact) mass is 311 g/mol. The van der Waals surface area contributed by atoms with E-state index < -0.39 is 12.9 Å². The fraction of sp³-hybridized carbons (Fsp3) is 0.750. The first-order chi connectivity index (χ1) is 10.1. The molecule has 0 heterocycles. The Morgan fingerprint density at radius 2 is 1.52 bits per heavy atom. The van der Waals surface area contributed by atoms with Gasteiger partial charge in [-0.1, -0.05) is 45.0 Å². The standard InChI is InChI=1S/C16H26NO3P/c1-5-14-19-21(18,20-15-6-2)16(17(7-3)8-4)12-10-9-11-13-16/h1-2H,7-15H2,3-4H3. The summed E-state index contributed by atoms with van der Waals surface area (Å²) in [4.78, 5) is 2.19. The molecule has 0 amide bonds. The quantitative estimate of drug-likeness (QED) is 0.508. The molecule has 0 aromatic heterocycles. The lowest BCUT2D eigenvalue weighted by Gasteiger charge is -2.48. The fourth-order valence-electron chi connectivity index (χ4n) is 3.22. The van der Waals surface area contributed by atoms with Crippen molar-refractivity contribution in [1.29, 1.82) is 0 Å². The van der Waals surface area contributed by atoms with Crippen LogP contribution in [0.25, 0.3) is 0 Å². The number of hydrogen-bond donors (Lipinski definition) is 0. The van der Waals surface area contributed by atoms with E-state index in [4.69, 9.17) is 21.9 Å². The molecule has 1 aliphatic rings. The molecular formula is C16H26NO3P. The third kappa shape index (κ3) is 3.91. The molecule has 1 rings (SSSR count). The second-order valence-corrected chi connectivity index (χ2v) is 7.51. The fourth-order valence-corrected chi connectivity index (χ4v) is 5.75. The summed E-state index contributed by atoms with van der Waals surface area (Å²) in [6, 6.07) is 0. The van der Waals surface area contributed by atoms with Crippen LogP contribution in [-0.4, -0.2) is 36.5 Å². The molecule has 4 nitrogen and oxygen atoms in total. The Bertz CT molecular complexity index is 417. The Kier molecular flexibility index (Phi) is 7.50. The van der Waals surface area contributed by atoms with Crippen molar-refractivity contribution in [3.63, 3.8) is 0 Å². The van der Waals surface area contributed by atoms with Crippen molar-refractivity contribution >= 4 is 7.60 Å². The molecule has 21 heavy (non-hydrogen) atoms. The smallest absolute Gasteiger partial charge is 0.294 e. The first-order valence-electron chi connectivity index (χ1n) is 7.61. The summed E-state index contributed by atoms with van der Waals surface area (Å²) in [5, 5.41) is -0.595. The summed E-state index contributed by atoms with van der Waals surface area (Å²) in [5.41, 5.74) is 0. The summed E-state index contributed by atoms with van der Waals surface area (Å²) in [7, 11) is -3.41. The van der Waals surface area contributed by atoms with E-state index in [-0.39, 0.29) is 13.2 Å². The van der Waals surface area contributed by atoms with E-state index in [0.29, 0.717) is 0 Å². The molecule has 0 N–H and O–H groups in total. The average Bonchev–Trinajstić information content (AvgIpc) is 2.53. The molecule has 0 aromatic rings. The van der Waals surface area contributed by atoms with Crippen LogP contribution in [0.15, 0.2) is 0 Å². The van der Waals surface area contributed by atoms with E-state index >= 15 is 0 Å². The highest BCUT2D eigenvalue weighted by Crippen LogP contribution is 2.66. The zero-order chi connectivity index (χ0) is 15.8.